The van der Waals surface area contributed by atoms with E-state index in [0.29, 0.717) is 12.3 Å². The van der Waals surface area contributed by atoms with Crippen LogP contribution in [-0.2, 0) is 11.3 Å². The quantitative estimate of drug-likeness (QED) is 0.560. The summed E-state index contributed by atoms with van der Waals surface area (Å²) in [4.78, 5) is 14.5. The van der Waals surface area contributed by atoms with Crippen molar-refractivity contribution in [2.24, 2.45) is 46.8 Å². The van der Waals surface area contributed by atoms with Crippen LogP contribution in [0.4, 0.5) is 0 Å². The molecule has 4 saturated carbocycles. The summed E-state index contributed by atoms with van der Waals surface area (Å²) in [7, 11) is 0. The van der Waals surface area contributed by atoms with Gasteiger partial charge >= 0.3 is 0 Å². The predicted octanol–water partition coefficient (Wildman–Crippen LogP) is 6.08. The molecular formula is C25H38N2OS. The molecule has 0 bridgehead atoms. The Morgan fingerprint density at radius 1 is 1.14 bits per heavy atom. The third kappa shape index (κ3) is 3.42. The van der Waals surface area contributed by atoms with Crippen LogP contribution in [0.1, 0.15) is 71.6 Å². The van der Waals surface area contributed by atoms with E-state index in [2.05, 4.69) is 25.2 Å². The minimum Gasteiger partial charge on any atom is -0.297 e. The summed E-state index contributed by atoms with van der Waals surface area (Å²) in [5.74, 6) is 6.28. The van der Waals surface area contributed by atoms with Crippen molar-refractivity contribution in [3.63, 3.8) is 0 Å². The normalized spacial score (nSPS) is 44.0. The molecule has 0 aromatic carbocycles. The Balaban J connectivity index is 1.30. The first-order valence-corrected chi connectivity index (χ1v) is 13.3. The van der Waals surface area contributed by atoms with Gasteiger partial charge in [-0.2, -0.15) is 5.10 Å². The molecule has 1 heterocycles. The third-order valence-corrected chi connectivity index (χ3v) is 10.5. The van der Waals surface area contributed by atoms with Crippen LogP contribution in [0.5, 0.6) is 0 Å². The van der Waals surface area contributed by atoms with Gasteiger partial charge in [0.15, 0.2) is 5.78 Å². The smallest absolute Gasteiger partial charge is 0.157 e. The van der Waals surface area contributed by atoms with Gasteiger partial charge in [-0.3, -0.25) is 9.48 Å². The van der Waals surface area contributed by atoms with Crippen LogP contribution < -0.4 is 0 Å². The van der Waals surface area contributed by atoms with Gasteiger partial charge in [-0.1, -0.05) is 20.3 Å². The molecule has 4 fully saturated rings. The van der Waals surface area contributed by atoms with Crippen molar-refractivity contribution in [2.45, 2.75) is 83.1 Å². The number of carbonyl (C=O) groups excluding carboxylic acids is 1. The number of aromatic nitrogens is 2. The van der Waals surface area contributed by atoms with Crippen molar-refractivity contribution in [1.82, 2.24) is 9.78 Å². The van der Waals surface area contributed by atoms with Crippen molar-refractivity contribution >= 4 is 17.5 Å². The molecule has 1 aromatic rings. The Morgan fingerprint density at radius 3 is 2.76 bits per heavy atom. The van der Waals surface area contributed by atoms with Crippen LogP contribution in [0.25, 0.3) is 0 Å². The van der Waals surface area contributed by atoms with Crippen LogP contribution in [0.15, 0.2) is 17.3 Å². The largest absolute Gasteiger partial charge is 0.297 e. The van der Waals surface area contributed by atoms with Gasteiger partial charge in [0.2, 0.25) is 0 Å². The van der Waals surface area contributed by atoms with Gasteiger partial charge in [0.1, 0.15) is 0 Å². The number of carbonyl (C=O) groups is 1. The zero-order valence-electron chi connectivity index (χ0n) is 18.5. The molecule has 1 aromatic heterocycles. The summed E-state index contributed by atoms with van der Waals surface area (Å²) in [6, 6.07) is 0. The van der Waals surface area contributed by atoms with Gasteiger partial charge in [-0.05, 0) is 98.5 Å². The maximum atomic E-state index is 13.3. The lowest BCUT2D eigenvalue weighted by atomic mass is 9.49. The van der Waals surface area contributed by atoms with Crippen LogP contribution in [0.2, 0.25) is 0 Å². The number of ketones is 1. The van der Waals surface area contributed by atoms with Gasteiger partial charge in [-0.25, -0.2) is 0 Å². The highest BCUT2D eigenvalue weighted by atomic mass is 32.2. The van der Waals surface area contributed by atoms with Gasteiger partial charge in [0.05, 0.1) is 12.7 Å². The Labute approximate surface area is 180 Å². The summed E-state index contributed by atoms with van der Waals surface area (Å²) in [6.45, 7) is 5.41. The molecule has 0 N–H and O–H groups in total. The molecule has 0 spiro atoms. The van der Waals surface area contributed by atoms with Crippen LogP contribution >= 0.6 is 11.8 Å². The monoisotopic (exact) mass is 414 g/mol. The molecule has 0 radical (unpaired) electrons. The van der Waals surface area contributed by atoms with E-state index in [1.165, 1.54) is 51.4 Å². The molecule has 3 nitrogen and oxygen atoms in total. The number of hydrogen-bond acceptors (Lipinski definition) is 3. The van der Waals surface area contributed by atoms with Crippen molar-refractivity contribution < 1.29 is 4.79 Å². The Bertz CT molecular complexity index is 760. The second-order valence-corrected chi connectivity index (χ2v) is 12.0. The molecule has 4 aliphatic rings. The lowest BCUT2D eigenvalue weighted by molar-refractivity contribution is -0.131. The average molecular weight is 415 g/mol. The molecule has 0 aliphatic heterocycles. The molecule has 5 rings (SSSR count). The van der Waals surface area contributed by atoms with Crippen molar-refractivity contribution in [1.29, 1.82) is 0 Å². The first-order valence-electron chi connectivity index (χ1n) is 12.1. The van der Waals surface area contributed by atoms with Gasteiger partial charge in [0, 0.05) is 17.0 Å². The average Bonchev–Trinajstić information content (AvgIpc) is 3.30. The summed E-state index contributed by atoms with van der Waals surface area (Å²) >= 11 is 1.69. The fourth-order valence-corrected chi connectivity index (χ4v) is 8.80. The molecule has 8 atom stereocenters. The highest BCUT2D eigenvalue weighted by Gasteiger charge is 2.58. The van der Waals surface area contributed by atoms with Gasteiger partial charge in [0.25, 0.3) is 0 Å². The second kappa shape index (κ2) is 7.73. The molecule has 0 amide bonds. The molecule has 0 saturated heterocycles. The summed E-state index contributed by atoms with van der Waals surface area (Å²) in [5.41, 5.74) is 0.239. The number of rotatable bonds is 4. The predicted molar refractivity (Wildman–Crippen MR) is 119 cm³/mol. The maximum absolute atomic E-state index is 13.3. The molecule has 4 aliphatic carbocycles. The molecule has 160 valence electrons. The summed E-state index contributed by atoms with van der Waals surface area (Å²) in [6.07, 6.45) is 18.4. The standard InChI is InChI=1S/C25H38N2OS/c1-16-4-6-19-17(12-16)5-7-21-20(19)10-11-25(2)22(21)8-9-23(25)24(28)15-27-14-18(29-3)13-26-27/h13-14,16-17,19-23H,4-12,15H2,1-3H3. The van der Waals surface area contributed by atoms with Crippen molar-refractivity contribution in [3.05, 3.63) is 12.4 Å². The van der Waals surface area contributed by atoms with E-state index >= 15 is 0 Å². The van der Waals surface area contributed by atoms with Crippen LogP contribution in [-0.4, -0.2) is 21.8 Å². The fraction of sp³-hybridized carbons (Fsp3) is 0.840. The van der Waals surface area contributed by atoms with E-state index in [1.54, 1.807) is 11.8 Å². The van der Waals surface area contributed by atoms with Crippen molar-refractivity contribution in [2.75, 3.05) is 6.26 Å². The van der Waals surface area contributed by atoms with E-state index in [9.17, 15) is 4.79 Å². The lowest BCUT2D eigenvalue weighted by Crippen LogP contribution is -2.49. The van der Waals surface area contributed by atoms with E-state index in [4.69, 9.17) is 0 Å². The minimum absolute atomic E-state index is 0.239. The topological polar surface area (TPSA) is 34.9 Å². The molecular weight excluding hydrogens is 376 g/mol. The number of nitrogens with zero attached hydrogens (tertiary/aromatic N) is 2. The Kier molecular flexibility index (Phi) is 5.37. The van der Waals surface area contributed by atoms with Gasteiger partial charge in [-0.15, -0.1) is 11.8 Å². The third-order valence-electron chi connectivity index (χ3n) is 9.77. The van der Waals surface area contributed by atoms with Crippen LogP contribution in [0, 0.1) is 46.8 Å². The summed E-state index contributed by atoms with van der Waals surface area (Å²) in [5, 5.41) is 4.42. The molecule has 29 heavy (non-hydrogen) atoms. The van der Waals surface area contributed by atoms with Crippen molar-refractivity contribution in [3.8, 4) is 0 Å². The van der Waals surface area contributed by atoms with E-state index in [-0.39, 0.29) is 11.3 Å². The zero-order chi connectivity index (χ0) is 20.2. The lowest BCUT2D eigenvalue weighted by Gasteiger charge is -2.56. The molecule has 8 unspecified atom stereocenters. The zero-order valence-corrected chi connectivity index (χ0v) is 19.3. The molecule has 4 heteroatoms. The Morgan fingerprint density at radius 2 is 1.97 bits per heavy atom. The SMILES string of the molecule is CSc1cnn(CC(=O)C2CCC3C4CCC5CC(C)CCC5C4CCC23C)c1. The minimum atomic E-state index is 0.239. The van der Waals surface area contributed by atoms with E-state index in [0.717, 1.165) is 46.8 Å². The number of hydrogen-bond donors (Lipinski definition) is 0. The fourth-order valence-electron chi connectivity index (χ4n) is 8.42. The second-order valence-electron chi connectivity index (χ2n) is 11.1. The van der Waals surface area contributed by atoms with E-state index < -0.39 is 0 Å². The van der Waals surface area contributed by atoms with Gasteiger partial charge < -0.3 is 0 Å². The number of thioether (sulfide) groups is 1. The Hall–Kier alpha value is -0.770. The highest BCUT2D eigenvalue weighted by molar-refractivity contribution is 7.98. The van der Waals surface area contributed by atoms with Crippen LogP contribution in [0.3, 0.4) is 0 Å². The number of fused-ring (bicyclic) bond motifs is 5. The first-order chi connectivity index (χ1) is 14.0. The summed E-state index contributed by atoms with van der Waals surface area (Å²) < 4.78 is 1.87. The maximum Gasteiger partial charge on any atom is 0.157 e. The highest BCUT2D eigenvalue weighted by Crippen LogP contribution is 2.64. The first kappa shape index (κ1) is 20.2. The number of Topliss-reactive ketones (excluding diaryl/α,β-unsaturated/α-hetero) is 1. The van der Waals surface area contributed by atoms with E-state index in [1.807, 2.05) is 17.1 Å².